The molecule has 134 valence electrons. The van der Waals surface area contributed by atoms with E-state index in [2.05, 4.69) is 45.3 Å². The molecule has 4 nitrogen and oxygen atoms in total. The second-order valence-corrected chi connectivity index (χ2v) is 7.93. The molecule has 0 amide bonds. The molecule has 1 heterocycles. The van der Waals surface area contributed by atoms with Crippen molar-refractivity contribution in [2.24, 2.45) is 11.0 Å². The van der Waals surface area contributed by atoms with Gasteiger partial charge in [-0.3, -0.25) is 5.43 Å². The minimum absolute atomic E-state index is 0.466. The van der Waals surface area contributed by atoms with E-state index in [0.717, 1.165) is 32.2 Å². The molecule has 0 radical (unpaired) electrons. The van der Waals surface area contributed by atoms with Gasteiger partial charge in [-0.2, -0.15) is 5.10 Å². The molecule has 0 aliphatic carbocycles. The van der Waals surface area contributed by atoms with E-state index in [1.165, 1.54) is 11.3 Å². The van der Waals surface area contributed by atoms with Crippen LogP contribution in [0.2, 0.25) is 0 Å². The average Bonchev–Trinajstić information content (AvgIpc) is 3.10. The second kappa shape index (κ2) is 8.96. The molecule has 0 unspecified atom stereocenters. The summed E-state index contributed by atoms with van der Waals surface area (Å²) in [6.07, 6.45) is 1.75. The molecule has 3 rings (SSSR count). The van der Waals surface area contributed by atoms with Gasteiger partial charge in [-0.15, -0.1) is 11.3 Å². The lowest BCUT2D eigenvalue weighted by Crippen LogP contribution is -2.06. The summed E-state index contributed by atoms with van der Waals surface area (Å²) >= 11 is 5.02. The normalized spacial score (nSPS) is 11.2. The molecular formula is C20H20BrN3OS. The van der Waals surface area contributed by atoms with Crippen LogP contribution in [-0.2, 0) is 0 Å². The maximum Gasteiger partial charge on any atom is 0.203 e. The first-order valence-corrected chi connectivity index (χ1v) is 10.0. The van der Waals surface area contributed by atoms with Gasteiger partial charge in [0, 0.05) is 21.0 Å². The van der Waals surface area contributed by atoms with Gasteiger partial charge in [0.25, 0.3) is 0 Å². The van der Waals surface area contributed by atoms with E-state index < -0.39 is 0 Å². The van der Waals surface area contributed by atoms with E-state index in [0.29, 0.717) is 12.5 Å². The Labute approximate surface area is 166 Å². The summed E-state index contributed by atoms with van der Waals surface area (Å²) in [4.78, 5) is 4.56. The fourth-order valence-corrected chi connectivity index (χ4v) is 3.28. The Bertz CT molecular complexity index is 878. The summed E-state index contributed by atoms with van der Waals surface area (Å²) in [5, 5.41) is 7.09. The summed E-state index contributed by atoms with van der Waals surface area (Å²) in [5.74, 6) is 1.28. The fraction of sp³-hybridized carbons (Fsp3) is 0.200. The van der Waals surface area contributed by atoms with Gasteiger partial charge in [-0.05, 0) is 24.1 Å². The van der Waals surface area contributed by atoms with Gasteiger partial charge in [-0.1, -0.05) is 60.1 Å². The quantitative estimate of drug-likeness (QED) is 0.367. The van der Waals surface area contributed by atoms with E-state index in [1.807, 2.05) is 53.9 Å². The molecule has 26 heavy (non-hydrogen) atoms. The second-order valence-electron chi connectivity index (χ2n) is 6.16. The highest BCUT2D eigenvalue weighted by Gasteiger charge is 2.05. The lowest BCUT2D eigenvalue weighted by molar-refractivity contribution is 0.270. The average molecular weight is 430 g/mol. The predicted molar refractivity (Wildman–Crippen MR) is 113 cm³/mol. The summed E-state index contributed by atoms with van der Waals surface area (Å²) in [7, 11) is 0. The highest BCUT2D eigenvalue weighted by atomic mass is 79.9. The van der Waals surface area contributed by atoms with Gasteiger partial charge in [0.15, 0.2) is 0 Å². The largest absolute Gasteiger partial charge is 0.493 e. The predicted octanol–water partition coefficient (Wildman–Crippen LogP) is 6.05. The third kappa shape index (κ3) is 5.16. The van der Waals surface area contributed by atoms with Crippen LogP contribution in [0, 0.1) is 5.92 Å². The molecule has 0 bridgehead atoms. The molecule has 0 fully saturated rings. The number of hydrogen-bond acceptors (Lipinski definition) is 5. The van der Waals surface area contributed by atoms with Crippen LogP contribution in [-0.4, -0.2) is 17.8 Å². The number of ether oxygens (including phenoxy) is 1. The zero-order valence-corrected chi connectivity index (χ0v) is 17.0. The van der Waals surface area contributed by atoms with Crippen molar-refractivity contribution in [1.29, 1.82) is 0 Å². The molecule has 6 heteroatoms. The van der Waals surface area contributed by atoms with Crippen molar-refractivity contribution in [3.63, 3.8) is 0 Å². The van der Waals surface area contributed by atoms with Crippen LogP contribution in [0.5, 0.6) is 5.75 Å². The van der Waals surface area contributed by atoms with Crippen molar-refractivity contribution in [1.82, 2.24) is 4.98 Å². The fourth-order valence-electron chi connectivity index (χ4n) is 2.23. The molecular weight excluding hydrogens is 410 g/mol. The summed E-state index contributed by atoms with van der Waals surface area (Å²) in [5.41, 5.74) is 5.95. The number of nitrogens with zero attached hydrogens (tertiary/aromatic N) is 2. The number of halogens is 1. The van der Waals surface area contributed by atoms with Crippen molar-refractivity contribution in [3.05, 3.63) is 63.9 Å². The molecule has 0 aliphatic rings. The number of nitrogens with one attached hydrogen (secondary N) is 1. The summed E-state index contributed by atoms with van der Waals surface area (Å²) in [6.45, 7) is 4.92. The molecule has 1 N–H and O–H groups in total. The van der Waals surface area contributed by atoms with Crippen molar-refractivity contribution >= 4 is 38.6 Å². The molecule has 2 aromatic carbocycles. The first-order chi connectivity index (χ1) is 12.6. The molecule has 0 aliphatic heterocycles. The summed E-state index contributed by atoms with van der Waals surface area (Å²) in [6, 6.07) is 16.0. The number of aromatic nitrogens is 1. The molecule has 1 aromatic heterocycles. The molecule has 0 saturated carbocycles. The van der Waals surface area contributed by atoms with Crippen molar-refractivity contribution in [2.75, 3.05) is 12.0 Å². The number of hydrazone groups is 1. The first kappa shape index (κ1) is 18.6. The zero-order valence-electron chi connectivity index (χ0n) is 14.6. The number of thiazole rings is 1. The number of benzene rings is 2. The SMILES string of the molecule is CC(C)COc1ccc(Br)cc1C=NNc1nc(-c2ccccc2)cs1. The number of rotatable bonds is 7. The maximum atomic E-state index is 5.87. The Hall–Kier alpha value is -2.18. The maximum absolute atomic E-state index is 5.87. The zero-order chi connectivity index (χ0) is 18.4. The Balaban J connectivity index is 1.69. The van der Waals surface area contributed by atoms with E-state index in [4.69, 9.17) is 4.74 Å². The van der Waals surface area contributed by atoms with Gasteiger partial charge in [0.1, 0.15) is 5.75 Å². The van der Waals surface area contributed by atoms with E-state index in [1.54, 1.807) is 6.21 Å². The van der Waals surface area contributed by atoms with Crippen LogP contribution in [0.3, 0.4) is 0 Å². The van der Waals surface area contributed by atoms with Crippen LogP contribution in [0.25, 0.3) is 11.3 Å². The lowest BCUT2D eigenvalue weighted by Gasteiger charge is -2.11. The van der Waals surface area contributed by atoms with E-state index >= 15 is 0 Å². The van der Waals surface area contributed by atoms with Crippen LogP contribution in [0.1, 0.15) is 19.4 Å². The molecule has 0 spiro atoms. The minimum atomic E-state index is 0.466. The number of anilines is 1. The minimum Gasteiger partial charge on any atom is -0.493 e. The Morgan fingerprint density at radius 3 is 2.81 bits per heavy atom. The molecule has 0 atom stereocenters. The highest BCUT2D eigenvalue weighted by Crippen LogP contribution is 2.25. The Kier molecular flexibility index (Phi) is 6.41. The van der Waals surface area contributed by atoms with Gasteiger partial charge < -0.3 is 4.74 Å². The Morgan fingerprint density at radius 1 is 1.23 bits per heavy atom. The Morgan fingerprint density at radius 2 is 2.04 bits per heavy atom. The van der Waals surface area contributed by atoms with Crippen molar-refractivity contribution in [3.8, 4) is 17.0 Å². The van der Waals surface area contributed by atoms with Crippen molar-refractivity contribution < 1.29 is 4.74 Å². The monoisotopic (exact) mass is 429 g/mol. The van der Waals surface area contributed by atoms with Crippen molar-refractivity contribution in [2.45, 2.75) is 13.8 Å². The van der Waals surface area contributed by atoms with Gasteiger partial charge >= 0.3 is 0 Å². The van der Waals surface area contributed by atoms with Gasteiger partial charge in [0.05, 0.1) is 18.5 Å². The van der Waals surface area contributed by atoms with Crippen LogP contribution in [0.15, 0.2) is 63.5 Å². The smallest absolute Gasteiger partial charge is 0.203 e. The third-order valence-corrected chi connectivity index (χ3v) is 4.72. The van der Waals surface area contributed by atoms with Gasteiger partial charge in [0.2, 0.25) is 5.13 Å². The number of hydrogen-bond donors (Lipinski definition) is 1. The highest BCUT2D eigenvalue weighted by molar-refractivity contribution is 9.10. The van der Waals surface area contributed by atoms with Crippen LogP contribution >= 0.6 is 27.3 Å². The molecule has 3 aromatic rings. The van der Waals surface area contributed by atoms with E-state index in [9.17, 15) is 0 Å². The lowest BCUT2D eigenvalue weighted by atomic mass is 10.2. The van der Waals surface area contributed by atoms with E-state index in [-0.39, 0.29) is 0 Å². The van der Waals surface area contributed by atoms with Crippen LogP contribution in [0.4, 0.5) is 5.13 Å². The third-order valence-electron chi connectivity index (χ3n) is 3.48. The first-order valence-electron chi connectivity index (χ1n) is 8.34. The molecule has 0 saturated heterocycles. The topological polar surface area (TPSA) is 46.5 Å². The standard InChI is InChI=1S/C20H20BrN3OS/c1-14(2)12-25-19-9-8-17(21)10-16(19)11-22-24-20-23-18(13-26-20)15-6-4-3-5-7-15/h3-11,13-14H,12H2,1-2H3,(H,23,24). The summed E-state index contributed by atoms with van der Waals surface area (Å²) < 4.78 is 6.85. The van der Waals surface area contributed by atoms with Crippen LogP contribution < -0.4 is 10.2 Å². The van der Waals surface area contributed by atoms with Gasteiger partial charge in [-0.25, -0.2) is 4.98 Å².